The lowest BCUT2D eigenvalue weighted by molar-refractivity contribution is -0.114. The molecular formula is C12H18N2O3. The summed E-state index contributed by atoms with van der Waals surface area (Å²) in [6.45, 7) is 3.04. The number of carbonyl (C=O) groups excluding carboxylic acids is 1. The van der Waals surface area contributed by atoms with Gasteiger partial charge in [-0.3, -0.25) is 9.63 Å². The Bertz CT molecular complexity index is 355. The van der Waals surface area contributed by atoms with Crippen molar-refractivity contribution in [3.05, 3.63) is 29.8 Å². The predicted octanol–water partition coefficient (Wildman–Crippen LogP) is 1.31. The summed E-state index contributed by atoms with van der Waals surface area (Å²) in [7, 11) is 1.62. The number of nitrogens with one attached hydrogen (secondary N) is 2. The van der Waals surface area contributed by atoms with Gasteiger partial charge in [-0.25, -0.2) is 0 Å². The molecule has 0 fully saturated rings. The number of para-hydroxylation sites is 1. The van der Waals surface area contributed by atoms with Gasteiger partial charge in [-0.15, -0.1) is 0 Å². The van der Waals surface area contributed by atoms with Crippen LogP contribution in [0.1, 0.15) is 12.5 Å². The minimum absolute atomic E-state index is 0.0854. The lowest BCUT2D eigenvalue weighted by Gasteiger charge is -2.10. The smallest absolute Gasteiger partial charge is 0.221 e. The van der Waals surface area contributed by atoms with Gasteiger partial charge in [0.05, 0.1) is 13.2 Å². The van der Waals surface area contributed by atoms with Crippen molar-refractivity contribution < 1.29 is 14.4 Å². The number of ether oxygens (including phenoxy) is 1. The van der Waals surface area contributed by atoms with Gasteiger partial charge in [0, 0.05) is 26.3 Å². The maximum Gasteiger partial charge on any atom is 0.221 e. The average molecular weight is 238 g/mol. The lowest BCUT2D eigenvalue weighted by atomic mass is 10.2. The van der Waals surface area contributed by atoms with Gasteiger partial charge in [-0.05, 0) is 11.6 Å². The van der Waals surface area contributed by atoms with Crippen LogP contribution >= 0.6 is 0 Å². The van der Waals surface area contributed by atoms with Gasteiger partial charge in [0.2, 0.25) is 5.91 Å². The van der Waals surface area contributed by atoms with Crippen LogP contribution in [-0.4, -0.2) is 26.2 Å². The highest BCUT2D eigenvalue weighted by atomic mass is 16.7. The third-order valence-corrected chi connectivity index (χ3v) is 2.08. The van der Waals surface area contributed by atoms with Crippen LogP contribution in [0, 0.1) is 0 Å². The monoisotopic (exact) mass is 238 g/mol. The predicted molar refractivity (Wildman–Crippen MR) is 65.4 cm³/mol. The van der Waals surface area contributed by atoms with E-state index < -0.39 is 0 Å². The fraction of sp³-hybridized carbons (Fsp3) is 0.417. The molecule has 1 rings (SSSR count). The standard InChI is InChI=1S/C12H18N2O3/c1-10(15)14-12-6-4-3-5-11(12)9-13-17-8-7-16-2/h3-6,13H,7-9H2,1-2H3,(H,14,15). The molecule has 0 unspecified atom stereocenters. The molecule has 0 aliphatic carbocycles. The van der Waals surface area contributed by atoms with Crippen molar-refractivity contribution in [3.63, 3.8) is 0 Å². The molecule has 0 radical (unpaired) electrons. The fourth-order valence-corrected chi connectivity index (χ4v) is 1.31. The third kappa shape index (κ3) is 5.44. The van der Waals surface area contributed by atoms with Gasteiger partial charge >= 0.3 is 0 Å². The van der Waals surface area contributed by atoms with E-state index in [0.29, 0.717) is 19.8 Å². The molecule has 0 heterocycles. The summed E-state index contributed by atoms with van der Waals surface area (Å²) in [4.78, 5) is 16.2. The molecule has 17 heavy (non-hydrogen) atoms. The Kier molecular flexibility index (Phi) is 6.24. The highest BCUT2D eigenvalue weighted by Gasteiger charge is 2.02. The Hall–Kier alpha value is -1.43. The molecule has 0 saturated carbocycles. The summed E-state index contributed by atoms with van der Waals surface area (Å²) >= 11 is 0. The van der Waals surface area contributed by atoms with Gasteiger partial charge in [0.15, 0.2) is 0 Å². The van der Waals surface area contributed by atoms with E-state index in [1.165, 1.54) is 6.92 Å². The zero-order valence-corrected chi connectivity index (χ0v) is 10.2. The largest absolute Gasteiger partial charge is 0.382 e. The number of methoxy groups -OCH3 is 1. The molecule has 5 heteroatoms. The molecule has 1 aromatic rings. The van der Waals surface area contributed by atoms with Crippen LogP contribution < -0.4 is 10.8 Å². The highest BCUT2D eigenvalue weighted by Crippen LogP contribution is 2.14. The van der Waals surface area contributed by atoms with Crippen molar-refractivity contribution in [2.24, 2.45) is 0 Å². The van der Waals surface area contributed by atoms with E-state index in [-0.39, 0.29) is 5.91 Å². The number of rotatable bonds is 7. The first-order valence-electron chi connectivity index (χ1n) is 5.43. The molecule has 1 aromatic carbocycles. The summed E-state index contributed by atoms with van der Waals surface area (Å²) in [6, 6.07) is 7.57. The fourth-order valence-electron chi connectivity index (χ4n) is 1.31. The molecular weight excluding hydrogens is 220 g/mol. The van der Waals surface area contributed by atoms with Crippen LogP contribution in [-0.2, 0) is 20.9 Å². The summed E-state index contributed by atoms with van der Waals surface area (Å²) in [5.41, 5.74) is 4.59. The van der Waals surface area contributed by atoms with E-state index in [4.69, 9.17) is 9.57 Å². The highest BCUT2D eigenvalue weighted by molar-refractivity contribution is 5.89. The zero-order valence-electron chi connectivity index (χ0n) is 10.2. The molecule has 0 aliphatic heterocycles. The van der Waals surface area contributed by atoms with Crippen LogP contribution in [0.2, 0.25) is 0 Å². The molecule has 0 spiro atoms. The number of hydrogen-bond acceptors (Lipinski definition) is 4. The lowest BCUT2D eigenvalue weighted by Crippen LogP contribution is -2.18. The van der Waals surface area contributed by atoms with Gasteiger partial charge in [0.25, 0.3) is 0 Å². The van der Waals surface area contributed by atoms with E-state index in [1.54, 1.807) is 7.11 Å². The number of carbonyl (C=O) groups is 1. The van der Waals surface area contributed by atoms with E-state index in [0.717, 1.165) is 11.3 Å². The summed E-state index contributed by atoms with van der Waals surface area (Å²) in [6.07, 6.45) is 0. The molecule has 0 aromatic heterocycles. The zero-order chi connectivity index (χ0) is 12.5. The number of hydrogen-bond donors (Lipinski definition) is 2. The molecule has 5 nitrogen and oxygen atoms in total. The molecule has 1 amide bonds. The van der Waals surface area contributed by atoms with E-state index >= 15 is 0 Å². The SMILES string of the molecule is COCCONCc1ccccc1NC(C)=O. The normalized spacial score (nSPS) is 10.2. The topological polar surface area (TPSA) is 59.6 Å². The number of hydroxylamine groups is 1. The number of anilines is 1. The first-order chi connectivity index (χ1) is 8.24. The maximum atomic E-state index is 11.0. The quantitative estimate of drug-likeness (QED) is 0.555. The molecule has 0 saturated heterocycles. The van der Waals surface area contributed by atoms with Crippen LogP contribution in [0.5, 0.6) is 0 Å². The number of benzene rings is 1. The van der Waals surface area contributed by atoms with E-state index in [9.17, 15) is 4.79 Å². The van der Waals surface area contributed by atoms with Crippen molar-refractivity contribution in [1.82, 2.24) is 5.48 Å². The van der Waals surface area contributed by atoms with Gasteiger partial charge in [-0.2, -0.15) is 5.48 Å². The van der Waals surface area contributed by atoms with Crippen LogP contribution in [0.25, 0.3) is 0 Å². The van der Waals surface area contributed by atoms with Crippen LogP contribution in [0.3, 0.4) is 0 Å². The minimum atomic E-state index is -0.0854. The Morgan fingerprint density at radius 2 is 2.06 bits per heavy atom. The van der Waals surface area contributed by atoms with Crippen LogP contribution in [0.4, 0.5) is 5.69 Å². The van der Waals surface area contributed by atoms with Crippen molar-refractivity contribution >= 4 is 11.6 Å². The summed E-state index contributed by atoms with van der Waals surface area (Å²) in [5.74, 6) is -0.0854. The first-order valence-corrected chi connectivity index (χ1v) is 5.43. The average Bonchev–Trinajstić information content (AvgIpc) is 2.30. The minimum Gasteiger partial charge on any atom is -0.382 e. The maximum absolute atomic E-state index is 11.0. The second-order valence-electron chi connectivity index (χ2n) is 3.50. The third-order valence-electron chi connectivity index (χ3n) is 2.08. The molecule has 94 valence electrons. The van der Waals surface area contributed by atoms with E-state index in [2.05, 4.69) is 10.8 Å². The van der Waals surface area contributed by atoms with Gasteiger partial charge in [-0.1, -0.05) is 18.2 Å². The first kappa shape index (κ1) is 13.6. The Labute approximate surface area is 101 Å². The van der Waals surface area contributed by atoms with Gasteiger partial charge in [0.1, 0.15) is 0 Å². The molecule has 0 aliphatic rings. The Morgan fingerprint density at radius 3 is 2.76 bits per heavy atom. The Morgan fingerprint density at radius 1 is 1.29 bits per heavy atom. The van der Waals surface area contributed by atoms with E-state index in [1.807, 2.05) is 24.3 Å². The summed E-state index contributed by atoms with van der Waals surface area (Å²) < 4.78 is 4.85. The molecule has 2 N–H and O–H groups in total. The second-order valence-corrected chi connectivity index (χ2v) is 3.50. The van der Waals surface area contributed by atoms with Crippen LogP contribution in [0.15, 0.2) is 24.3 Å². The Balaban J connectivity index is 2.43. The molecule has 0 atom stereocenters. The van der Waals surface area contributed by atoms with Gasteiger partial charge < -0.3 is 10.1 Å². The van der Waals surface area contributed by atoms with Crippen molar-refractivity contribution in [3.8, 4) is 0 Å². The van der Waals surface area contributed by atoms with Crippen molar-refractivity contribution in [1.29, 1.82) is 0 Å². The van der Waals surface area contributed by atoms with Crippen molar-refractivity contribution in [2.45, 2.75) is 13.5 Å². The number of amides is 1. The van der Waals surface area contributed by atoms with Crippen molar-refractivity contribution in [2.75, 3.05) is 25.6 Å². The molecule has 0 bridgehead atoms. The summed E-state index contributed by atoms with van der Waals surface area (Å²) in [5, 5.41) is 2.77. The second kappa shape index (κ2) is 7.78.